The number of thiazole rings is 1. The Morgan fingerprint density at radius 2 is 1.91 bits per heavy atom. The zero-order valence-corrected chi connectivity index (χ0v) is 18.8. The lowest BCUT2D eigenvalue weighted by Crippen LogP contribution is -2.43. The smallest absolute Gasteiger partial charge is 0.387 e. The number of ether oxygens (including phenoxy) is 1. The Bertz CT molecular complexity index is 1120. The van der Waals surface area contributed by atoms with Crippen molar-refractivity contribution in [2.75, 3.05) is 11.9 Å². The number of benzene rings is 2. The molecule has 2 amide bonds. The molecule has 9 heteroatoms. The van der Waals surface area contributed by atoms with Crippen LogP contribution in [0.3, 0.4) is 0 Å². The van der Waals surface area contributed by atoms with Crippen LogP contribution in [0.5, 0.6) is 5.75 Å². The van der Waals surface area contributed by atoms with Crippen LogP contribution < -0.4 is 10.1 Å². The van der Waals surface area contributed by atoms with Crippen LogP contribution >= 0.6 is 11.3 Å². The van der Waals surface area contributed by atoms with E-state index < -0.39 is 12.7 Å². The van der Waals surface area contributed by atoms with E-state index in [-0.39, 0.29) is 24.0 Å². The molecule has 1 aromatic heterocycles. The number of likely N-dealkylation sites (tertiary alicyclic amines) is 1. The summed E-state index contributed by atoms with van der Waals surface area (Å²) in [7, 11) is 0. The molecule has 33 heavy (non-hydrogen) atoms. The van der Waals surface area contributed by atoms with Gasteiger partial charge in [0.1, 0.15) is 11.8 Å². The van der Waals surface area contributed by atoms with E-state index in [9.17, 15) is 18.4 Å². The van der Waals surface area contributed by atoms with Crippen molar-refractivity contribution in [1.29, 1.82) is 0 Å². The average molecular weight is 472 g/mol. The molecule has 1 aliphatic rings. The summed E-state index contributed by atoms with van der Waals surface area (Å²) in [6.45, 7) is -0.454. The van der Waals surface area contributed by atoms with Crippen molar-refractivity contribution >= 4 is 28.3 Å². The normalized spacial score (nSPS) is 15.6. The molecule has 2 aromatic carbocycles. The maximum Gasteiger partial charge on any atom is 0.387 e. The zero-order chi connectivity index (χ0) is 23.4. The predicted molar refractivity (Wildman–Crippen MR) is 122 cm³/mol. The Morgan fingerprint density at radius 1 is 1.18 bits per heavy atom. The van der Waals surface area contributed by atoms with Crippen molar-refractivity contribution < 1.29 is 23.1 Å². The number of hydrogen-bond donors (Lipinski definition) is 1. The highest BCUT2D eigenvalue weighted by Crippen LogP contribution is 2.32. The van der Waals surface area contributed by atoms with Gasteiger partial charge in [-0.25, -0.2) is 4.98 Å². The van der Waals surface area contributed by atoms with Crippen LogP contribution in [0.25, 0.3) is 11.3 Å². The summed E-state index contributed by atoms with van der Waals surface area (Å²) in [4.78, 5) is 32.8. The van der Waals surface area contributed by atoms with Gasteiger partial charge >= 0.3 is 6.61 Å². The number of carbonyl (C=O) groups is 2. The second kappa shape index (κ2) is 10.1. The van der Waals surface area contributed by atoms with Gasteiger partial charge in [0.2, 0.25) is 11.8 Å². The largest absolute Gasteiger partial charge is 0.435 e. The molecule has 0 saturated carbocycles. The van der Waals surface area contributed by atoms with Gasteiger partial charge in [-0.15, -0.1) is 11.3 Å². The number of amides is 2. The van der Waals surface area contributed by atoms with E-state index in [0.717, 1.165) is 22.4 Å². The Balaban J connectivity index is 1.42. The van der Waals surface area contributed by atoms with E-state index in [1.54, 1.807) is 17.0 Å². The third kappa shape index (κ3) is 5.54. The second-order valence-corrected chi connectivity index (χ2v) is 8.93. The number of alkyl halides is 2. The monoisotopic (exact) mass is 471 g/mol. The number of hydrogen-bond acceptors (Lipinski definition) is 5. The van der Waals surface area contributed by atoms with Gasteiger partial charge in [0, 0.05) is 17.0 Å². The molecule has 3 aromatic rings. The summed E-state index contributed by atoms with van der Waals surface area (Å²) in [6.07, 6.45) is 1.64. The number of aryl methyl sites for hydroxylation is 1. The molecule has 0 aliphatic carbocycles. The van der Waals surface area contributed by atoms with Crippen molar-refractivity contribution in [2.45, 2.75) is 38.8 Å². The van der Waals surface area contributed by atoms with E-state index in [4.69, 9.17) is 0 Å². The lowest BCUT2D eigenvalue weighted by Gasteiger charge is -2.23. The molecule has 0 radical (unpaired) electrons. The standard InChI is InChI=1S/C24H23F2N3O3S/c1-15-21(17-9-11-18(12-10-17)32-23(25)26)27-24(33-15)28-22(31)19-8-5-13-29(19)20(30)14-16-6-3-2-4-7-16/h2-4,6-7,9-12,19,23H,5,8,13-14H2,1H3,(H,27,28,31). The molecule has 0 bridgehead atoms. The second-order valence-electron chi connectivity index (χ2n) is 7.72. The van der Waals surface area contributed by atoms with Crippen LogP contribution in [0.4, 0.5) is 13.9 Å². The summed E-state index contributed by atoms with van der Waals surface area (Å²) in [6, 6.07) is 15.1. The Morgan fingerprint density at radius 3 is 2.61 bits per heavy atom. The number of nitrogens with zero attached hydrogens (tertiary/aromatic N) is 2. The molecule has 2 heterocycles. The number of anilines is 1. The zero-order valence-electron chi connectivity index (χ0n) is 18.0. The minimum absolute atomic E-state index is 0.0663. The van der Waals surface area contributed by atoms with Gasteiger partial charge in [0.05, 0.1) is 12.1 Å². The van der Waals surface area contributed by atoms with Crippen LogP contribution in [0.1, 0.15) is 23.3 Å². The van der Waals surface area contributed by atoms with Crippen molar-refractivity contribution in [1.82, 2.24) is 9.88 Å². The van der Waals surface area contributed by atoms with E-state index in [0.29, 0.717) is 23.8 Å². The number of carbonyl (C=O) groups excluding carboxylic acids is 2. The fourth-order valence-corrected chi connectivity index (χ4v) is 4.75. The van der Waals surface area contributed by atoms with Crippen molar-refractivity contribution in [3.63, 3.8) is 0 Å². The van der Waals surface area contributed by atoms with E-state index in [2.05, 4.69) is 15.0 Å². The fourth-order valence-electron chi connectivity index (χ4n) is 3.91. The molecule has 1 unspecified atom stereocenters. The summed E-state index contributed by atoms with van der Waals surface area (Å²) >= 11 is 1.33. The van der Waals surface area contributed by atoms with E-state index in [1.165, 1.54) is 23.5 Å². The van der Waals surface area contributed by atoms with E-state index >= 15 is 0 Å². The highest BCUT2D eigenvalue weighted by Gasteiger charge is 2.34. The van der Waals surface area contributed by atoms with Crippen LogP contribution in [0.2, 0.25) is 0 Å². The average Bonchev–Trinajstić information content (AvgIpc) is 3.42. The quantitative estimate of drug-likeness (QED) is 0.533. The van der Waals surface area contributed by atoms with Gasteiger partial charge in [0.25, 0.3) is 0 Å². The highest BCUT2D eigenvalue weighted by molar-refractivity contribution is 7.16. The molecule has 1 atom stereocenters. The minimum atomic E-state index is -2.88. The first-order valence-corrected chi connectivity index (χ1v) is 11.4. The Hall–Kier alpha value is -3.33. The predicted octanol–water partition coefficient (Wildman–Crippen LogP) is 4.89. The molecule has 6 nitrogen and oxygen atoms in total. The third-order valence-electron chi connectivity index (χ3n) is 5.45. The SMILES string of the molecule is Cc1sc(NC(=O)C2CCCN2C(=O)Cc2ccccc2)nc1-c1ccc(OC(F)F)cc1. The lowest BCUT2D eigenvalue weighted by atomic mass is 10.1. The highest BCUT2D eigenvalue weighted by atomic mass is 32.1. The molecule has 1 fully saturated rings. The summed E-state index contributed by atoms with van der Waals surface area (Å²) in [5.74, 6) is -0.257. The molecule has 1 N–H and O–H groups in total. The molecule has 172 valence electrons. The van der Waals surface area contributed by atoms with Crippen molar-refractivity contribution in [3.05, 3.63) is 65.0 Å². The van der Waals surface area contributed by atoms with Gasteiger partial charge in [-0.2, -0.15) is 8.78 Å². The Kier molecular flexibility index (Phi) is 6.98. The molecule has 4 rings (SSSR count). The van der Waals surface area contributed by atoms with Gasteiger partial charge in [-0.3, -0.25) is 9.59 Å². The van der Waals surface area contributed by atoms with Gasteiger partial charge < -0.3 is 15.0 Å². The van der Waals surface area contributed by atoms with Gasteiger partial charge in [-0.1, -0.05) is 30.3 Å². The van der Waals surface area contributed by atoms with Crippen LogP contribution in [-0.4, -0.2) is 40.9 Å². The first-order chi connectivity index (χ1) is 15.9. The van der Waals surface area contributed by atoms with E-state index in [1.807, 2.05) is 37.3 Å². The summed E-state index contributed by atoms with van der Waals surface area (Å²) < 4.78 is 29.1. The molecular weight excluding hydrogens is 448 g/mol. The van der Waals surface area contributed by atoms with Crippen LogP contribution in [0, 0.1) is 6.92 Å². The Labute approximate surface area is 194 Å². The maximum absolute atomic E-state index is 13.0. The molecular formula is C24H23F2N3O3S. The third-order valence-corrected chi connectivity index (χ3v) is 6.34. The molecule has 1 aliphatic heterocycles. The topological polar surface area (TPSA) is 71.5 Å². The minimum Gasteiger partial charge on any atom is -0.435 e. The van der Waals surface area contributed by atoms with Crippen LogP contribution in [0.15, 0.2) is 54.6 Å². The fraction of sp³-hybridized carbons (Fsp3) is 0.292. The van der Waals surface area contributed by atoms with Crippen molar-refractivity contribution in [2.24, 2.45) is 0 Å². The summed E-state index contributed by atoms with van der Waals surface area (Å²) in [5.41, 5.74) is 2.30. The first kappa shape index (κ1) is 22.8. The first-order valence-electron chi connectivity index (χ1n) is 10.6. The van der Waals surface area contributed by atoms with Crippen molar-refractivity contribution in [3.8, 4) is 17.0 Å². The lowest BCUT2D eigenvalue weighted by molar-refractivity contribution is -0.136. The number of rotatable bonds is 7. The number of nitrogens with one attached hydrogen (secondary N) is 1. The number of halogens is 2. The van der Waals surface area contributed by atoms with Gasteiger partial charge in [-0.05, 0) is 49.6 Å². The van der Waals surface area contributed by atoms with Gasteiger partial charge in [0.15, 0.2) is 5.13 Å². The summed E-state index contributed by atoms with van der Waals surface area (Å²) in [5, 5.41) is 3.28. The number of aromatic nitrogens is 1. The van der Waals surface area contributed by atoms with Crippen LogP contribution in [-0.2, 0) is 16.0 Å². The molecule has 0 spiro atoms. The maximum atomic E-state index is 13.0. The molecule has 1 saturated heterocycles.